The van der Waals surface area contributed by atoms with Gasteiger partial charge in [-0.3, -0.25) is 14.2 Å². The van der Waals surface area contributed by atoms with Gasteiger partial charge in [-0.15, -0.1) is 0 Å². The first-order valence-electron chi connectivity index (χ1n) is 12.2. The van der Waals surface area contributed by atoms with E-state index < -0.39 is 10.0 Å². The first kappa shape index (κ1) is 25.8. The van der Waals surface area contributed by atoms with Gasteiger partial charge < -0.3 is 19.3 Å². The van der Waals surface area contributed by atoms with Gasteiger partial charge in [-0.25, -0.2) is 8.42 Å². The van der Waals surface area contributed by atoms with Crippen molar-refractivity contribution in [3.63, 3.8) is 0 Å². The minimum atomic E-state index is -4.10. The Morgan fingerprint density at radius 3 is 2.53 bits per heavy atom. The van der Waals surface area contributed by atoms with E-state index in [1.165, 1.54) is 10.4 Å². The number of aromatic nitrogens is 1. The summed E-state index contributed by atoms with van der Waals surface area (Å²) < 4.78 is 46.4. The number of benzene rings is 3. The molecule has 0 fully saturated rings. The van der Waals surface area contributed by atoms with Crippen LogP contribution in [-0.2, 0) is 16.6 Å². The van der Waals surface area contributed by atoms with E-state index in [1.807, 2.05) is 54.4 Å². The number of aliphatic hydroxyl groups is 1. The van der Waals surface area contributed by atoms with Gasteiger partial charge in [0, 0.05) is 30.7 Å². The van der Waals surface area contributed by atoms with Gasteiger partial charge in [-0.1, -0.05) is 36.4 Å². The lowest BCUT2D eigenvalue weighted by atomic mass is 10.1. The van der Waals surface area contributed by atoms with E-state index in [2.05, 4.69) is 4.98 Å². The molecule has 0 atom stereocenters. The van der Waals surface area contributed by atoms with Crippen LogP contribution in [0.15, 0.2) is 83.9 Å². The lowest BCUT2D eigenvalue weighted by Crippen LogP contribution is -2.35. The first-order valence-corrected chi connectivity index (χ1v) is 13.7. The summed E-state index contributed by atoms with van der Waals surface area (Å²) >= 11 is 0. The minimum Gasteiger partial charge on any atom is -0.492 e. The molecule has 1 aromatic heterocycles. The van der Waals surface area contributed by atoms with Crippen molar-refractivity contribution in [2.45, 2.75) is 11.4 Å². The third kappa shape index (κ3) is 5.38. The van der Waals surface area contributed by atoms with E-state index in [4.69, 9.17) is 14.2 Å². The fourth-order valence-electron chi connectivity index (χ4n) is 4.40. The maximum Gasteiger partial charge on any atom is 0.266 e. The molecule has 1 N–H and O–H groups in total. The molecule has 198 valence electrons. The number of sulfonamides is 1. The number of anilines is 1. The molecule has 1 aliphatic heterocycles. The van der Waals surface area contributed by atoms with Gasteiger partial charge in [-0.05, 0) is 42.9 Å². The number of nitrogens with zero attached hydrogens (tertiary/aromatic N) is 3. The lowest BCUT2D eigenvalue weighted by Gasteiger charge is -2.28. The number of fused-ring (bicyclic) bond motifs is 2. The Morgan fingerprint density at radius 1 is 0.974 bits per heavy atom. The molecule has 3 aromatic carbocycles. The van der Waals surface area contributed by atoms with Crippen LogP contribution in [-0.4, -0.2) is 63.6 Å². The summed E-state index contributed by atoms with van der Waals surface area (Å²) in [5.74, 6) is 1.78. The third-order valence-electron chi connectivity index (χ3n) is 6.23. The summed E-state index contributed by atoms with van der Waals surface area (Å²) in [5, 5.41) is 10.6. The molecule has 0 aliphatic carbocycles. The maximum absolute atomic E-state index is 14.1. The van der Waals surface area contributed by atoms with Crippen LogP contribution >= 0.6 is 0 Å². The van der Waals surface area contributed by atoms with Gasteiger partial charge in [0.15, 0.2) is 11.5 Å². The molecule has 0 saturated carbocycles. The number of likely N-dealkylation sites (N-methyl/N-ethyl adjacent to an activating group) is 1. The van der Waals surface area contributed by atoms with Gasteiger partial charge in [0.25, 0.3) is 10.0 Å². The smallest absolute Gasteiger partial charge is 0.266 e. The molecule has 4 aromatic rings. The fraction of sp³-hybridized carbons (Fsp3) is 0.250. The molecule has 38 heavy (non-hydrogen) atoms. The molecule has 5 rings (SSSR count). The van der Waals surface area contributed by atoms with Crippen LogP contribution in [0, 0.1) is 0 Å². The largest absolute Gasteiger partial charge is 0.492 e. The highest BCUT2D eigenvalue weighted by Gasteiger charge is 2.31. The van der Waals surface area contributed by atoms with Crippen molar-refractivity contribution in [3.05, 3.63) is 84.6 Å². The van der Waals surface area contributed by atoms with Crippen LogP contribution < -0.4 is 18.5 Å². The minimum absolute atomic E-state index is 0.0545. The van der Waals surface area contributed by atoms with Gasteiger partial charge >= 0.3 is 0 Å². The Bertz CT molecular complexity index is 1510. The molecule has 0 spiro atoms. The molecule has 0 radical (unpaired) electrons. The fourth-order valence-corrected chi connectivity index (χ4v) is 6.06. The monoisotopic (exact) mass is 535 g/mol. The van der Waals surface area contributed by atoms with E-state index in [-0.39, 0.29) is 24.8 Å². The van der Waals surface area contributed by atoms with Crippen molar-refractivity contribution in [1.82, 2.24) is 9.88 Å². The number of hydrogen-bond acceptors (Lipinski definition) is 8. The van der Waals surface area contributed by atoms with Crippen molar-refractivity contribution in [3.8, 4) is 17.2 Å². The van der Waals surface area contributed by atoms with E-state index in [0.717, 1.165) is 5.75 Å². The number of para-hydroxylation sites is 2. The summed E-state index contributed by atoms with van der Waals surface area (Å²) in [5.41, 5.74) is 1.49. The van der Waals surface area contributed by atoms with Crippen LogP contribution in [0.3, 0.4) is 0 Å². The number of rotatable bonds is 11. The normalized spacial score (nSPS) is 12.7. The molecule has 0 amide bonds. The highest BCUT2D eigenvalue weighted by Crippen LogP contribution is 2.41. The second kappa shape index (κ2) is 11.3. The van der Waals surface area contributed by atoms with Crippen LogP contribution in [0.25, 0.3) is 10.9 Å². The Labute approximate surface area is 221 Å². The highest BCUT2D eigenvalue weighted by atomic mass is 32.2. The van der Waals surface area contributed by atoms with Gasteiger partial charge in [0.2, 0.25) is 6.79 Å². The molecule has 0 unspecified atom stereocenters. The van der Waals surface area contributed by atoms with Crippen LogP contribution in [0.1, 0.15) is 5.56 Å². The Kier molecular flexibility index (Phi) is 7.64. The zero-order valence-electron chi connectivity index (χ0n) is 21.0. The van der Waals surface area contributed by atoms with Crippen molar-refractivity contribution in [1.29, 1.82) is 0 Å². The first-order chi connectivity index (χ1) is 18.5. The van der Waals surface area contributed by atoms with Crippen LogP contribution in [0.4, 0.5) is 5.69 Å². The van der Waals surface area contributed by atoms with Gasteiger partial charge in [0.1, 0.15) is 17.3 Å². The molecular weight excluding hydrogens is 506 g/mol. The average Bonchev–Trinajstić information content (AvgIpc) is 3.39. The van der Waals surface area contributed by atoms with Crippen LogP contribution in [0.5, 0.6) is 17.2 Å². The standard InChI is InChI=1S/C28H29N3O6S/c1-30(14-16-35-23-9-3-2-4-10-23)19-22-17-25-26(37-20-36-25)18-24(22)31(13-15-32)38(33,34)27-11-5-7-21-8-6-12-29-28(21)27/h2-12,17-18,32H,13-16,19-20H2,1H3. The van der Waals surface area contributed by atoms with E-state index in [9.17, 15) is 13.5 Å². The maximum atomic E-state index is 14.1. The van der Waals surface area contributed by atoms with E-state index in [1.54, 1.807) is 30.5 Å². The quantitative estimate of drug-likeness (QED) is 0.311. The second-order valence-corrected chi connectivity index (χ2v) is 10.7. The summed E-state index contributed by atoms with van der Waals surface area (Å²) in [6, 6.07) is 21.6. The topological polar surface area (TPSA) is 101 Å². The lowest BCUT2D eigenvalue weighted by molar-refractivity contribution is 0.174. The molecule has 0 bridgehead atoms. The SMILES string of the molecule is CN(CCOc1ccccc1)Cc1cc2c(cc1N(CCO)S(=O)(=O)c1cccc3cccnc13)OCO2. The molecular formula is C28H29N3O6S. The molecule has 0 saturated heterocycles. The summed E-state index contributed by atoms with van der Waals surface area (Å²) in [6.45, 7) is 1.02. The van der Waals surface area contributed by atoms with Gasteiger partial charge in [-0.2, -0.15) is 0 Å². The Hall–Kier alpha value is -3.86. The van der Waals surface area contributed by atoms with Crippen molar-refractivity contribution < 1.29 is 27.7 Å². The van der Waals surface area contributed by atoms with Crippen molar-refractivity contribution >= 4 is 26.6 Å². The van der Waals surface area contributed by atoms with E-state index >= 15 is 0 Å². The molecule has 2 heterocycles. The average molecular weight is 536 g/mol. The predicted molar refractivity (Wildman–Crippen MR) is 144 cm³/mol. The van der Waals surface area contributed by atoms with Crippen molar-refractivity contribution in [2.75, 3.05) is 44.4 Å². The van der Waals surface area contributed by atoms with Gasteiger partial charge in [0.05, 0.1) is 24.4 Å². The van der Waals surface area contributed by atoms with E-state index in [0.29, 0.717) is 53.3 Å². The third-order valence-corrected chi connectivity index (χ3v) is 8.08. The number of aliphatic hydroxyl groups excluding tert-OH is 1. The zero-order chi connectivity index (χ0) is 26.5. The molecule has 9 nitrogen and oxygen atoms in total. The number of ether oxygens (including phenoxy) is 3. The number of pyridine rings is 1. The summed E-state index contributed by atoms with van der Waals surface area (Å²) in [4.78, 5) is 6.44. The summed E-state index contributed by atoms with van der Waals surface area (Å²) in [6.07, 6.45) is 1.57. The predicted octanol–water partition coefficient (Wildman–Crippen LogP) is 3.66. The molecule has 10 heteroatoms. The Balaban J connectivity index is 1.47. The second-order valence-electron chi connectivity index (χ2n) is 8.87. The highest BCUT2D eigenvalue weighted by molar-refractivity contribution is 7.93. The van der Waals surface area contributed by atoms with Crippen molar-refractivity contribution in [2.24, 2.45) is 0 Å². The van der Waals surface area contributed by atoms with Crippen LogP contribution in [0.2, 0.25) is 0 Å². The zero-order valence-corrected chi connectivity index (χ0v) is 21.8. The Morgan fingerprint density at radius 2 is 1.74 bits per heavy atom. The summed E-state index contributed by atoms with van der Waals surface area (Å²) in [7, 11) is -2.17. The molecule has 1 aliphatic rings. The number of hydrogen-bond donors (Lipinski definition) is 1.